The molecule has 1 atom stereocenters. The predicted molar refractivity (Wildman–Crippen MR) is 48.5 cm³/mol. The molecule has 0 radical (unpaired) electrons. The molecule has 0 aliphatic rings. The van der Waals surface area contributed by atoms with Crippen molar-refractivity contribution in [2.24, 2.45) is 0 Å². The predicted octanol–water partition coefficient (Wildman–Crippen LogP) is -1.25. The van der Waals surface area contributed by atoms with Crippen molar-refractivity contribution in [1.29, 1.82) is 0 Å². The lowest BCUT2D eigenvalue weighted by molar-refractivity contribution is -0.146. The summed E-state index contributed by atoms with van der Waals surface area (Å²) in [5.74, 6) is 3.78. The van der Waals surface area contributed by atoms with Crippen molar-refractivity contribution < 1.29 is 19.8 Å². The van der Waals surface area contributed by atoms with Gasteiger partial charge in [0.2, 0.25) is 0 Å². The van der Waals surface area contributed by atoms with Gasteiger partial charge in [-0.05, 0) is 6.92 Å². The van der Waals surface area contributed by atoms with Crippen LogP contribution in [0.3, 0.4) is 0 Å². The van der Waals surface area contributed by atoms with Crippen LogP contribution in [0.2, 0.25) is 0 Å². The van der Waals surface area contributed by atoms with Crippen LogP contribution in [0.15, 0.2) is 0 Å². The molecule has 0 aliphatic heterocycles. The first kappa shape index (κ1) is 12.3. The Morgan fingerprint density at radius 1 is 1.43 bits per heavy atom. The number of aliphatic hydroxyl groups is 1. The molecule has 0 saturated carbocycles. The van der Waals surface area contributed by atoms with Gasteiger partial charge >= 0.3 is 12.0 Å². The van der Waals surface area contributed by atoms with Gasteiger partial charge in [-0.15, -0.1) is 5.92 Å². The zero-order chi connectivity index (χ0) is 11.0. The Labute approximate surface area is 81.3 Å². The molecule has 0 fully saturated rings. The Bertz CT molecular complexity index is 266. The molecule has 1 unspecified atom stereocenters. The van der Waals surface area contributed by atoms with Crippen LogP contribution in [0.5, 0.6) is 0 Å². The number of aliphatic hydroxyl groups excluding tert-OH is 1. The zero-order valence-electron chi connectivity index (χ0n) is 7.70. The molecule has 14 heavy (non-hydrogen) atoms. The number of hydrogen-bond acceptors (Lipinski definition) is 3. The standard InChI is InChI=1S/C8H12N2O4/c1-2-3-4-9-8(14)10-5-6(11)7(12)13/h6,11H,4-5H2,1H3,(H,12,13)(H2,9,10,14). The van der Waals surface area contributed by atoms with E-state index in [9.17, 15) is 9.59 Å². The minimum absolute atomic E-state index is 0.186. The lowest BCUT2D eigenvalue weighted by Gasteiger charge is -2.07. The lowest BCUT2D eigenvalue weighted by atomic mass is 10.4. The quantitative estimate of drug-likeness (QED) is 0.426. The Kier molecular flexibility index (Phi) is 5.90. The zero-order valence-corrected chi connectivity index (χ0v) is 7.70. The molecule has 0 spiro atoms. The molecule has 0 saturated heterocycles. The lowest BCUT2D eigenvalue weighted by Crippen LogP contribution is -2.42. The van der Waals surface area contributed by atoms with E-state index in [0.717, 1.165) is 0 Å². The van der Waals surface area contributed by atoms with Crippen molar-refractivity contribution in [3.05, 3.63) is 0 Å². The van der Waals surface area contributed by atoms with Crippen molar-refractivity contribution in [2.75, 3.05) is 13.1 Å². The average Bonchev–Trinajstić information content (AvgIpc) is 2.14. The highest BCUT2D eigenvalue weighted by Gasteiger charge is 2.13. The Balaban J connectivity index is 3.62. The molecule has 78 valence electrons. The molecule has 6 heteroatoms. The van der Waals surface area contributed by atoms with Gasteiger partial charge in [-0.3, -0.25) is 0 Å². The smallest absolute Gasteiger partial charge is 0.334 e. The third-order valence-electron chi connectivity index (χ3n) is 1.26. The largest absolute Gasteiger partial charge is 0.479 e. The Morgan fingerprint density at radius 2 is 2.07 bits per heavy atom. The number of carbonyl (C=O) groups is 2. The second-order valence-corrected chi connectivity index (χ2v) is 2.34. The van der Waals surface area contributed by atoms with Crippen molar-refractivity contribution >= 4 is 12.0 Å². The second-order valence-electron chi connectivity index (χ2n) is 2.34. The van der Waals surface area contributed by atoms with Crippen molar-refractivity contribution in [2.45, 2.75) is 13.0 Å². The summed E-state index contributed by atoms with van der Waals surface area (Å²) in [4.78, 5) is 21.0. The summed E-state index contributed by atoms with van der Waals surface area (Å²) in [5, 5.41) is 21.6. The van der Waals surface area contributed by atoms with E-state index < -0.39 is 18.1 Å². The van der Waals surface area contributed by atoms with Crippen LogP contribution >= 0.6 is 0 Å². The van der Waals surface area contributed by atoms with Gasteiger partial charge in [-0.25, -0.2) is 9.59 Å². The van der Waals surface area contributed by atoms with Gasteiger partial charge in [-0.2, -0.15) is 0 Å². The van der Waals surface area contributed by atoms with E-state index in [-0.39, 0.29) is 13.1 Å². The van der Waals surface area contributed by atoms with Crippen LogP contribution in [-0.2, 0) is 4.79 Å². The maximum absolute atomic E-state index is 10.9. The molecule has 0 aromatic rings. The monoisotopic (exact) mass is 200 g/mol. The van der Waals surface area contributed by atoms with Gasteiger partial charge in [0.1, 0.15) is 0 Å². The SMILES string of the molecule is CC#CCNC(=O)NCC(O)C(=O)O. The number of nitrogens with one attached hydrogen (secondary N) is 2. The summed E-state index contributed by atoms with van der Waals surface area (Å²) in [6.07, 6.45) is -1.59. The number of carbonyl (C=O) groups excluding carboxylic acids is 1. The van der Waals surface area contributed by atoms with Gasteiger partial charge in [0.05, 0.1) is 13.1 Å². The first-order valence-corrected chi connectivity index (χ1v) is 3.90. The number of aliphatic carboxylic acids is 1. The van der Waals surface area contributed by atoms with Crippen molar-refractivity contribution in [1.82, 2.24) is 10.6 Å². The molecule has 0 heterocycles. The van der Waals surface area contributed by atoms with E-state index in [1.807, 2.05) is 0 Å². The molecule has 0 bridgehead atoms. The summed E-state index contributed by atoms with van der Waals surface area (Å²) in [6.45, 7) is 1.49. The van der Waals surface area contributed by atoms with E-state index in [0.29, 0.717) is 0 Å². The fourth-order valence-corrected chi connectivity index (χ4v) is 0.552. The molecule has 2 amide bonds. The van der Waals surface area contributed by atoms with Crippen molar-refractivity contribution in [3.8, 4) is 11.8 Å². The molecule has 4 N–H and O–H groups in total. The molecule has 0 aromatic heterocycles. The summed E-state index contributed by atoms with van der Waals surface area (Å²) in [7, 11) is 0. The summed E-state index contributed by atoms with van der Waals surface area (Å²) < 4.78 is 0. The van der Waals surface area contributed by atoms with Gasteiger partial charge in [0, 0.05) is 0 Å². The van der Waals surface area contributed by atoms with Crippen LogP contribution in [-0.4, -0.2) is 41.4 Å². The first-order chi connectivity index (χ1) is 6.57. The second kappa shape index (κ2) is 6.74. The van der Waals surface area contributed by atoms with E-state index in [4.69, 9.17) is 10.2 Å². The summed E-state index contributed by atoms with van der Waals surface area (Å²) in [6, 6.07) is -0.562. The van der Waals surface area contributed by atoms with Crippen LogP contribution in [0.1, 0.15) is 6.92 Å². The van der Waals surface area contributed by atoms with Gasteiger partial charge in [0.15, 0.2) is 6.10 Å². The third kappa shape index (κ3) is 5.85. The molecule has 0 rings (SSSR count). The fourth-order valence-electron chi connectivity index (χ4n) is 0.552. The topological polar surface area (TPSA) is 98.7 Å². The highest BCUT2D eigenvalue weighted by atomic mass is 16.4. The molecule has 6 nitrogen and oxygen atoms in total. The molecular weight excluding hydrogens is 188 g/mol. The minimum atomic E-state index is -1.59. The molecular formula is C8H12N2O4. The van der Waals surface area contributed by atoms with Crippen LogP contribution < -0.4 is 10.6 Å². The summed E-state index contributed by atoms with van der Waals surface area (Å²) in [5.41, 5.74) is 0. The number of amides is 2. The van der Waals surface area contributed by atoms with E-state index in [2.05, 4.69) is 22.5 Å². The van der Waals surface area contributed by atoms with Gasteiger partial charge in [-0.1, -0.05) is 5.92 Å². The maximum atomic E-state index is 10.9. The number of urea groups is 1. The number of carboxylic acid groups (broad SMARTS) is 1. The number of carboxylic acids is 1. The van der Waals surface area contributed by atoms with Crippen LogP contribution in [0.25, 0.3) is 0 Å². The van der Waals surface area contributed by atoms with Crippen LogP contribution in [0, 0.1) is 11.8 Å². The van der Waals surface area contributed by atoms with E-state index >= 15 is 0 Å². The average molecular weight is 200 g/mol. The van der Waals surface area contributed by atoms with Gasteiger partial charge in [0.25, 0.3) is 0 Å². The Hall–Kier alpha value is -1.74. The van der Waals surface area contributed by atoms with Gasteiger partial charge < -0.3 is 20.8 Å². The highest BCUT2D eigenvalue weighted by molar-refractivity contribution is 5.76. The minimum Gasteiger partial charge on any atom is -0.479 e. The van der Waals surface area contributed by atoms with Crippen molar-refractivity contribution in [3.63, 3.8) is 0 Å². The van der Waals surface area contributed by atoms with E-state index in [1.54, 1.807) is 6.92 Å². The number of hydrogen-bond donors (Lipinski definition) is 4. The number of rotatable bonds is 4. The van der Waals surface area contributed by atoms with E-state index in [1.165, 1.54) is 0 Å². The first-order valence-electron chi connectivity index (χ1n) is 3.90. The summed E-state index contributed by atoms with van der Waals surface area (Å²) >= 11 is 0. The molecule has 0 aromatic carbocycles. The Morgan fingerprint density at radius 3 is 2.57 bits per heavy atom. The highest BCUT2D eigenvalue weighted by Crippen LogP contribution is 1.79. The normalized spacial score (nSPS) is 10.7. The van der Waals surface area contributed by atoms with Crippen LogP contribution in [0.4, 0.5) is 4.79 Å². The molecule has 0 aliphatic carbocycles. The maximum Gasteiger partial charge on any atom is 0.334 e. The fraction of sp³-hybridized carbons (Fsp3) is 0.500. The third-order valence-corrected chi connectivity index (χ3v) is 1.26.